The number of nitrogens with one attached hydrogen (secondary N) is 1. The molecular weight excluding hydrogens is 228 g/mol. The van der Waals surface area contributed by atoms with Crippen molar-refractivity contribution in [3.05, 3.63) is 35.9 Å². The Morgan fingerprint density at radius 1 is 1.28 bits per heavy atom. The molecule has 0 aromatic heterocycles. The van der Waals surface area contributed by atoms with Crippen LogP contribution in [0.4, 0.5) is 0 Å². The second-order valence-electron chi connectivity index (χ2n) is 3.97. The molecule has 3 N–H and O–H groups in total. The summed E-state index contributed by atoms with van der Waals surface area (Å²) >= 11 is 0. The Hall–Kier alpha value is -2.50. The van der Waals surface area contributed by atoms with Crippen LogP contribution in [-0.4, -0.2) is 30.0 Å². The summed E-state index contributed by atoms with van der Waals surface area (Å²) in [6.07, 6.45) is 1.41. The Kier molecular flexibility index (Phi) is 2.60. The van der Waals surface area contributed by atoms with Gasteiger partial charge in [-0.1, -0.05) is 30.3 Å². The summed E-state index contributed by atoms with van der Waals surface area (Å²) in [5, 5.41) is 3.09. The van der Waals surface area contributed by atoms with Crippen LogP contribution < -0.4 is 11.1 Å². The Balaban J connectivity index is 1.75. The van der Waals surface area contributed by atoms with Gasteiger partial charge in [-0.05, 0) is 5.56 Å². The summed E-state index contributed by atoms with van der Waals surface area (Å²) in [6, 6.07) is 9.76. The zero-order valence-corrected chi connectivity index (χ0v) is 9.61. The number of hydrogen-bond donors (Lipinski definition) is 2. The SMILES string of the molecule is NC1=NC=NC2=NC(=NCc3ccccc3)NC12. The fraction of sp³-hybridized carbons (Fsp3) is 0.167. The van der Waals surface area contributed by atoms with E-state index in [1.54, 1.807) is 0 Å². The van der Waals surface area contributed by atoms with E-state index in [4.69, 9.17) is 5.73 Å². The predicted molar refractivity (Wildman–Crippen MR) is 72.1 cm³/mol. The number of rotatable bonds is 2. The first kappa shape index (κ1) is 10.6. The molecule has 18 heavy (non-hydrogen) atoms. The van der Waals surface area contributed by atoms with Gasteiger partial charge in [0.1, 0.15) is 18.2 Å². The second-order valence-corrected chi connectivity index (χ2v) is 3.97. The van der Waals surface area contributed by atoms with Gasteiger partial charge >= 0.3 is 0 Å². The maximum atomic E-state index is 5.75. The van der Waals surface area contributed by atoms with Gasteiger partial charge in [0.05, 0.1) is 6.54 Å². The molecule has 0 aliphatic carbocycles. The zero-order valence-electron chi connectivity index (χ0n) is 9.61. The Morgan fingerprint density at radius 3 is 2.89 bits per heavy atom. The third-order valence-electron chi connectivity index (χ3n) is 2.70. The third kappa shape index (κ3) is 2.00. The van der Waals surface area contributed by atoms with Crippen LogP contribution in [0.5, 0.6) is 0 Å². The minimum absolute atomic E-state index is 0.232. The second kappa shape index (κ2) is 4.40. The van der Waals surface area contributed by atoms with Gasteiger partial charge in [0.2, 0.25) is 5.96 Å². The van der Waals surface area contributed by atoms with Gasteiger partial charge in [-0.15, -0.1) is 0 Å². The van der Waals surface area contributed by atoms with Crippen LogP contribution in [-0.2, 0) is 6.54 Å². The van der Waals surface area contributed by atoms with Crippen LogP contribution in [0.2, 0.25) is 0 Å². The summed E-state index contributed by atoms with van der Waals surface area (Å²) in [5.74, 6) is 1.64. The number of fused-ring (bicyclic) bond motifs is 1. The van der Waals surface area contributed by atoms with Crippen LogP contribution in [0.1, 0.15) is 5.56 Å². The lowest BCUT2D eigenvalue weighted by Crippen LogP contribution is -2.45. The van der Waals surface area contributed by atoms with Gasteiger partial charge < -0.3 is 11.1 Å². The molecule has 2 aliphatic heterocycles. The van der Waals surface area contributed by atoms with E-state index in [9.17, 15) is 0 Å². The summed E-state index contributed by atoms with van der Waals surface area (Å²) < 4.78 is 0. The lowest BCUT2D eigenvalue weighted by molar-refractivity contribution is 0.943. The number of nitrogens with zero attached hydrogens (tertiary/aromatic N) is 4. The molecule has 1 aromatic rings. The van der Waals surface area contributed by atoms with Crippen LogP contribution in [0, 0.1) is 0 Å². The van der Waals surface area contributed by atoms with Gasteiger partial charge in [0.25, 0.3) is 0 Å². The highest BCUT2D eigenvalue weighted by Crippen LogP contribution is 2.07. The summed E-state index contributed by atoms with van der Waals surface area (Å²) in [7, 11) is 0. The highest BCUT2D eigenvalue weighted by Gasteiger charge is 2.29. The largest absolute Gasteiger partial charge is 0.385 e. The average molecular weight is 240 g/mol. The van der Waals surface area contributed by atoms with E-state index in [0.717, 1.165) is 5.56 Å². The molecule has 0 spiro atoms. The summed E-state index contributed by atoms with van der Waals surface area (Å²) in [5.41, 5.74) is 6.88. The Bertz CT molecular complexity index is 569. The van der Waals surface area contributed by atoms with Crippen molar-refractivity contribution in [3.8, 4) is 0 Å². The number of hydrogen-bond acceptors (Lipinski definition) is 4. The molecule has 0 radical (unpaired) electrons. The van der Waals surface area contributed by atoms with E-state index in [2.05, 4.69) is 25.3 Å². The van der Waals surface area contributed by atoms with E-state index in [1.807, 2.05) is 30.3 Å². The molecular formula is C12H12N6. The average Bonchev–Trinajstić information content (AvgIpc) is 2.82. The van der Waals surface area contributed by atoms with Crippen LogP contribution in [0.25, 0.3) is 0 Å². The minimum Gasteiger partial charge on any atom is -0.385 e. The maximum Gasteiger partial charge on any atom is 0.221 e. The molecule has 90 valence electrons. The first-order chi connectivity index (χ1) is 8.83. The number of guanidine groups is 1. The highest BCUT2D eigenvalue weighted by atomic mass is 15.3. The number of aliphatic imine (C=N–C) groups is 4. The van der Waals surface area contributed by atoms with Crippen LogP contribution in [0.15, 0.2) is 50.3 Å². The fourth-order valence-electron chi connectivity index (χ4n) is 1.77. The molecule has 0 fully saturated rings. The molecule has 6 heteroatoms. The fourth-order valence-corrected chi connectivity index (χ4v) is 1.77. The van der Waals surface area contributed by atoms with Crippen molar-refractivity contribution in [2.45, 2.75) is 12.6 Å². The van der Waals surface area contributed by atoms with E-state index >= 15 is 0 Å². The molecule has 0 saturated heterocycles. The third-order valence-corrected chi connectivity index (χ3v) is 2.70. The monoisotopic (exact) mass is 240 g/mol. The van der Waals surface area contributed by atoms with Crippen molar-refractivity contribution in [1.82, 2.24) is 5.32 Å². The van der Waals surface area contributed by atoms with Crippen LogP contribution in [0.3, 0.4) is 0 Å². The molecule has 0 amide bonds. The zero-order chi connectivity index (χ0) is 12.4. The number of amidine groups is 2. The van der Waals surface area contributed by atoms with E-state index in [0.29, 0.717) is 24.2 Å². The Morgan fingerprint density at radius 2 is 2.11 bits per heavy atom. The van der Waals surface area contributed by atoms with E-state index < -0.39 is 0 Å². The van der Waals surface area contributed by atoms with Crippen molar-refractivity contribution in [2.24, 2.45) is 25.7 Å². The van der Waals surface area contributed by atoms with Gasteiger partial charge in [-0.3, -0.25) is 0 Å². The van der Waals surface area contributed by atoms with Gasteiger partial charge in [-0.25, -0.2) is 15.0 Å². The highest BCUT2D eigenvalue weighted by molar-refractivity contribution is 6.22. The Labute approximate surface area is 104 Å². The van der Waals surface area contributed by atoms with Gasteiger partial charge in [0, 0.05) is 0 Å². The molecule has 1 aromatic carbocycles. The first-order valence-corrected chi connectivity index (χ1v) is 5.62. The first-order valence-electron chi connectivity index (χ1n) is 5.62. The van der Waals surface area contributed by atoms with Crippen LogP contribution >= 0.6 is 0 Å². The lowest BCUT2D eigenvalue weighted by atomic mass is 10.2. The van der Waals surface area contributed by atoms with Gasteiger partial charge in [-0.2, -0.15) is 4.99 Å². The number of benzene rings is 1. The molecule has 0 bridgehead atoms. The molecule has 0 saturated carbocycles. The maximum absolute atomic E-state index is 5.75. The smallest absolute Gasteiger partial charge is 0.221 e. The quantitative estimate of drug-likeness (QED) is 0.779. The predicted octanol–water partition coefficient (Wildman–Crippen LogP) is 0.312. The van der Waals surface area contributed by atoms with Crippen molar-refractivity contribution in [1.29, 1.82) is 0 Å². The molecule has 6 nitrogen and oxygen atoms in total. The van der Waals surface area contributed by atoms with E-state index in [-0.39, 0.29) is 6.04 Å². The number of nitrogens with two attached hydrogens (primary N) is 1. The lowest BCUT2D eigenvalue weighted by Gasteiger charge is -2.11. The van der Waals surface area contributed by atoms with Crippen molar-refractivity contribution >= 4 is 24.0 Å². The van der Waals surface area contributed by atoms with Crippen molar-refractivity contribution < 1.29 is 0 Å². The standard InChI is InChI=1S/C12H12N6/c13-10-9-11(16-7-15-10)18-12(17-9)14-6-8-4-2-1-3-5-8/h1-5,7,9H,6H2,(H3,13,14,15,16,17,18). The molecule has 1 unspecified atom stereocenters. The molecule has 2 heterocycles. The summed E-state index contributed by atoms with van der Waals surface area (Å²) in [4.78, 5) is 16.6. The molecule has 2 aliphatic rings. The molecule has 3 rings (SSSR count). The minimum atomic E-state index is -0.232. The topological polar surface area (TPSA) is 87.5 Å². The normalized spacial score (nSPS) is 23.3. The van der Waals surface area contributed by atoms with Gasteiger partial charge in [0.15, 0.2) is 5.84 Å². The summed E-state index contributed by atoms with van der Waals surface area (Å²) in [6.45, 7) is 0.577. The van der Waals surface area contributed by atoms with E-state index in [1.165, 1.54) is 6.34 Å². The van der Waals surface area contributed by atoms with Crippen molar-refractivity contribution in [3.63, 3.8) is 0 Å². The van der Waals surface area contributed by atoms with Crippen molar-refractivity contribution in [2.75, 3.05) is 0 Å². The molecule has 1 atom stereocenters.